The summed E-state index contributed by atoms with van der Waals surface area (Å²) in [6.07, 6.45) is 0. The van der Waals surface area contributed by atoms with Crippen molar-refractivity contribution in [2.75, 3.05) is 5.75 Å². The molecule has 0 fully saturated rings. The molecule has 1 aromatic heterocycles. The Morgan fingerprint density at radius 3 is 2.78 bits per heavy atom. The van der Waals surface area contributed by atoms with Gasteiger partial charge < -0.3 is 5.73 Å². The first-order valence-electron chi connectivity index (χ1n) is 4.83. The Balaban J connectivity index is 2.26. The Labute approximate surface area is 122 Å². The maximum Gasteiger partial charge on any atom is 0.227 e. The van der Waals surface area contributed by atoms with Crippen molar-refractivity contribution < 1.29 is 4.79 Å². The van der Waals surface area contributed by atoms with Crippen LogP contribution in [0.3, 0.4) is 0 Å². The molecule has 94 valence electrons. The van der Waals surface area contributed by atoms with E-state index < -0.39 is 0 Å². The lowest BCUT2D eigenvalue weighted by atomic mass is 10.3. The first-order valence-corrected chi connectivity index (χ1v) is 7.42. The Hall–Kier alpha value is -0.890. The van der Waals surface area contributed by atoms with Crippen LogP contribution in [0.5, 0.6) is 0 Å². The van der Waals surface area contributed by atoms with Gasteiger partial charge >= 0.3 is 0 Å². The minimum absolute atomic E-state index is 0.197. The number of rotatable bonds is 4. The highest BCUT2D eigenvalue weighted by Gasteiger charge is 2.07. The van der Waals surface area contributed by atoms with E-state index in [1.54, 1.807) is 16.8 Å². The molecule has 1 heterocycles. The first-order chi connectivity index (χ1) is 8.56. The van der Waals surface area contributed by atoms with Crippen LogP contribution in [0.15, 0.2) is 28.6 Å². The summed E-state index contributed by atoms with van der Waals surface area (Å²) in [5, 5.41) is 4.98. The van der Waals surface area contributed by atoms with Gasteiger partial charge in [-0.2, -0.15) is 0 Å². The average molecular weight is 318 g/mol. The largest absolute Gasteiger partial charge is 0.369 e. The molecule has 0 saturated carbocycles. The van der Waals surface area contributed by atoms with Gasteiger partial charge in [-0.1, -0.05) is 34.7 Å². The molecule has 4 nitrogen and oxygen atoms in total. The summed E-state index contributed by atoms with van der Waals surface area (Å²) in [6.45, 7) is 0. The lowest BCUT2D eigenvalue weighted by molar-refractivity contribution is -0.115. The SMILES string of the molecule is NC(=O)CSc1nn(-c2ccc(Cl)cc2)c(=S)s1. The first kappa shape index (κ1) is 13.5. The molecule has 0 spiro atoms. The lowest BCUT2D eigenvalue weighted by Gasteiger charge is -1.99. The second-order valence-corrected chi connectivity index (χ2v) is 6.56. The summed E-state index contributed by atoms with van der Waals surface area (Å²) >= 11 is 13.7. The molecule has 0 radical (unpaired) electrons. The molecular formula is C10H8ClN3OS3. The molecule has 0 aliphatic carbocycles. The van der Waals surface area contributed by atoms with Gasteiger partial charge in [0, 0.05) is 5.02 Å². The van der Waals surface area contributed by atoms with Crippen LogP contribution in [0.25, 0.3) is 5.69 Å². The Morgan fingerprint density at radius 1 is 1.50 bits per heavy atom. The van der Waals surface area contributed by atoms with Crippen molar-refractivity contribution in [3.63, 3.8) is 0 Å². The normalized spacial score (nSPS) is 10.5. The monoisotopic (exact) mass is 317 g/mol. The minimum Gasteiger partial charge on any atom is -0.369 e. The number of hydrogen-bond donors (Lipinski definition) is 1. The Bertz CT molecular complexity index is 620. The Kier molecular flexibility index (Phi) is 4.39. The zero-order valence-corrected chi connectivity index (χ0v) is 12.2. The number of primary amides is 1. The number of nitrogens with two attached hydrogens (primary N) is 1. The van der Waals surface area contributed by atoms with Gasteiger partial charge in [0.15, 0.2) is 8.29 Å². The lowest BCUT2D eigenvalue weighted by Crippen LogP contribution is -2.12. The van der Waals surface area contributed by atoms with Crippen LogP contribution < -0.4 is 5.73 Å². The molecular weight excluding hydrogens is 310 g/mol. The van der Waals surface area contributed by atoms with Gasteiger partial charge in [0.1, 0.15) is 0 Å². The molecule has 0 atom stereocenters. The van der Waals surface area contributed by atoms with Gasteiger partial charge in [-0.05, 0) is 36.5 Å². The van der Waals surface area contributed by atoms with E-state index in [1.807, 2.05) is 12.1 Å². The molecule has 8 heteroatoms. The summed E-state index contributed by atoms with van der Waals surface area (Å²) in [5.41, 5.74) is 5.92. The van der Waals surface area contributed by atoms with E-state index in [2.05, 4.69) is 5.10 Å². The topological polar surface area (TPSA) is 60.9 Å². The molecule has 2 N–H and O–H groups in total. The molecule has 0 unspecified atom stereocenters. The van der Waals surface area contributed by atoms with Crippen molar-refractivity contribution in [3.8, 4) is 5.69 Å². The summed E-state index contributed by atoms with van der Waals surface area (Å²) < 4.78 is 2.97. The number of thioether (sulfide) groups is 1. The summed E-state index contributed by atoms with van der Waals surface area (Å²) in [7, 11) is 0. The number of halogens is 1. The molecule has 1 aromatic carbocycles. The van der Waals surface area contributed by atoms with Crippen LogP contribution in [0.1, 0.15) is 0 Å². The van der Waals surface area contributed by atoms with Crippen LogP contribution in [-0.2, 0) is 4.79 Å². The molecule has 0 saturated heterocycles. The van der Waals surface area contributed by atoms with E-state index >= 15 is 0 Å². The number of hydrogen-bond acceptors (Lipinski definition) is 5. The predicted octanol–water partition coefficient (Wildman–Crippen LogP) is 2.89. The highest BCUT2D eigenvalue weighted by molar-refractivity contribution is 8.01. The third-order valence-electron chi connectivity index (χ3n) is 1.94. The fraction of sp³-hybridized carbons (Fsp3) is 0.100. The third-order valence-corrected chi connectivity index (χ3v) is 4.58. The van der Waals surface area contributed by atoms with Gasteiger partial charge in [0.05, 0.1) is 11.4 Å². The van der Waals surface area contributed by atoms with Crippen molar-refractivity contribution in [2.24, 2.45) is 5.73 Å². The van der Waals surface area contributed by atoms with Crippen LogP contribution in [0.2, 0.25) is 5.02 Å². The maximum atomic E-state index is 10.7. The molecule has 0 aliphatic rings. The quantitative estimate of drug-likeness (QED) is 0.696. The van der Waals surface area contributed by atoms with Gasteiger partial charge in [-0.25, -0.2) is 4.68 Å². The average Bonchev–Trinajstić information content (AvgIpc) is 2.69. The van der Waals surface area contributed by atoms with Crippen molar-refractivity contribution in [1.82, 2.24) is 9.78 Å². The van der Waals surface area contributed by atoms with Gasteiger partial charge in [-0.15, -0.1) is 5.10 Å². The van der Waals surface area contributed by atoms with Crippen molar-refractivity contribution in [3.05, 3.63) is 33.2 Å². The Morgan fingerprint density at radius 2 is 2.17 bits per heavy atom. The summed E-state index contributed by atoms with van der Waals surface area (Å²) in [5.74, 6) is -0.178. The zero-order valence-electron chi connectivity index (χ0n) is 9.00. The molecule has 0 aliphatic heterocycles. The number of nitrogens with zero attached hydrogens (tertiary/aromatic N) is 2. The van der Waals surface area contributed by atoms with Crippen molar-refractivity contribution in [1.29, 1.82) is 0 Å². The number of carbonyl (C=O) groups excluding carboxylic acids is 1. The molecule has 18 heavy (non-hydrogen) atoms. The van der Waals surface area contributed by atoms with E-state index in [9.17, 15) is 4.79 Å². The number of benzene rings is 1. The number of carbonyl (C=O) groups is 1. The molecule has 0 bridgehead atoms. The van der Waals surface area contributed by atoms with E-state index in [1.165, 1.54) is 23.1 Å². The summed E-state index contributed by atoms with van der Waals surface area (Å²) in [6, 6.07) is 7.21. The van der Waals surface area contributed by atoms with Crippen molar-refractivity contribution >= 4 is 52.8 Å². The third kappa shape index (κ3) is 3.32. The highest BCUT2D eigenvalue weighted by atomic mass is 35.5. The molecule has 2 aromatic rings. The fourth-order valence-corrected chi connectivity index (χ4v) is 3.42. The second-order valence-electron chi connectivity index (χ2n) is 3.28. The van der Waals surface area contributed by atoms with E-state index in [-0.39, 0.29) is 11.7 Å². The number of amides is 1. The van der Waals surface area contributed by atoms with Crippen LogP contribution >= 0.6 is 46.9 Å². The van der Waals surface area contributed by atoms with Gasteiger partial charge in [0.2, 0.25) is 5.91 Å². The maximum absolute atomic E-state index is 10.7. The van der Waals surface area contributed by atoms with Crippen molar-refractivity contribution in [2.45, 2.75) is 4.34 Å². The predicted molar refractivity (Wildman–Crippen MR) is 77.2 cm³/mol. The van der Waals surface area contributed by atoms with E-state index in [4.69, 9.17) is 29.6 Å². The van der Waals surface area contributed by atoms with Crippen LogP contribution in [-0.4, -0.2) is 21.4 Å². The smallest absolute Gasteiger partial charge is 0.227 e. The van der Waals surface area contributed by atoms with Gasteiger partial charge in [0.25, 0.3) is 0 Å². The number of aromatic nitrogens is 2. The second kappa shape index (κ2) is 5.83. The fourth-order valence-electron chi connectivity index (χ4n) is 1.20. The minimum atomic E-state index is -0.376. The zero-order chi connectivity index (χ0) is 13.1. The molecule has 2 rings (SSSR count). The van der Waals surface area contributed by atoms with Crippen LogP contribution in [0.4, 0.5) is 0 Å². The molecule has 1 amide bonds. The highest BCUT2D eigenvalue weighted by Crippen LogP contribution is 2.24. The van der Waals surface area contributed by atoms with E-state index in [0.29, 0.717) is 13.3 Å². The van der Waals surface area contributed by atoms with Gasteiger partial charge in [-0.3, -0.25) is 4.79 Å². The van der Waals surface area contributed by atoms with Crippen LogP contribution in [0, 0.1) is 3.95 Å². The standard InChI is InChI=1S/C10H8ClN3OS3/c11-6-1-3-7(4-2-6)14-10(16)18-9(13-14)17-5-8(12)15/h1-4H,5H2,(H2,12,15). The van der Waals surface area contributed by atoms with E-state index in [0.717, 1.165) is 5.69 Å². The summed E-state index contributed by atoms with van der Waals surface area (Å²) in [4.78, 5) is 10.7.